The zero-order chi connectivity index (χ0) is 15.5. The topological polar surface area (TPSA) is 47.3 Å². The molecule has 3 N–H and O–H groups in total. The Balaban J connectivity index is 2.16. The van der Waals surface area contributed by atoms with E-state index in [1.165, 1.54) is 11.1 Å². The van der Waals surface area contributed by atoms with Gasteiger partial charge < -0.3 is 4.74 Å². The van der Waals surface area contributed by atoms with Crippen molar-refractivity contribution in [1.82, 2.24) is 5.43 Å². The zero-order valence-electron chi connectivity index (χ0n) is 13.1. The fourth-order valence-electron chi connectivity index (χ4n) is 2.34. The van der Waals surface area contributed by atoms with Crippen LogP contribution in [0.15, 0.2) is 35.7 Å². The van der Waals surface area contributed by atoms with Gasteiger partial charge in [0, 0.05) is 0 Å². The van der Waals surface area contributed by atoms with Gasteiger partial charge in [-0.25, -0.2) is 0 Å². The Morgan fingerprint density at radius 3 is 2.38 bits per heavy atom. The molecule has 1 aromatic carbocycles. The molecular weight excluding hydrogens is 280 g/mol. The summed E-state index contributed by atoms with van der Waals surface area (Å²) < 4.78 is 5.38. The lowest BCUT2D eigenvalue weighted by atomic mass is 9.86. The van der Waals surface area contributed by atoms with Crippen molar-refractivity contribution in [3.8, 4) is 5.75 Å². The molecule has 0 aliphatic carbocycles. The minimum Gasteiger partial charge on any atom is -0.496 e. The quantitative estimate of drug-likeness (QED) is 0.652. The van der Waals surface area contributed by atoms with Crippen molar-refractivity contribution in [3.63, 3.8) is 0 Å². The van der Waals surface area contributed by atoms with Gasteiger partial charge in [0.05, 0.1) is 18.0 Å². The number of nitrogens with one attached hydrogen (secondary N) is 1. The number of hydrazine groups is 1. The van der Waals surface area contributed by atoms with E-state index in [4.69, 9.17) is 10.6 Å². The summed E-state index contributed by atoms with van der Waals surface area (Å²) in [6.07, 6.45) is 0.845. The molecule has 0 amide bonds. The molecule has 2 aromatic rings. The van der Waals surface area contributed by atoms with Gasteiger partial charge in [-0.1, -0.05) is 45.0 Å². The Morgan fingerprint density at radius 2 is 1.86 bits per heavy atom. The van der Waals surface area contributed by atoms with Crippen LogP contribution in [0.25, 0.3) is 0 Å². The van der Waals surface area contributed by atoms with Gasteiger partial charge in [-0.15, -0.1) is 11.3 Å². The smallest absolute Gasteiger partial charge is 0.134 e. The van der Waals surface area contributed by atoms with E-state index >= 15 is 0 Å². The maximum atomic E-state index is 5.74. The van der Waals surface area contributed by atoms with Gasteiger partial charge in [0.25, 0.3) is 0 Å². The largest absolute Gasteiger partial charge is 0.496 e. The minimum absolute atomic E-state index is 0.0698. The predicted octanol–water partition coefficient (Wildman–Crippen LogP) is 3.80. The van der Waals surface area contributed by atoms with Crippen molar-refractivity contribution in [2.75, 3.05) is 7.11 Å². The molecule has 0 fully saturated rings. The van der Waals surface area contributed by atoms with E-state index in [-0.39, 0.29) is 11.5 Å². The lowest BCUT2D eigenvalue weighted by molar-refractivity contribution is 0.403. The van der Waals surface area contributed by atoms with E-state index in [0.29, 0.717) is 0 Å². The monoisotopic (exact) mass is 304 g/mol. The maximum Gasteiger partial charge on any atom is 0.134 e. The van der Waals surface area contributed by atoms with E-state index in [1.807, 2.05) is 11.4 Å². The third kappa shape index (κ3) is 3.84. The van der Waals surface area contributed by atoms with Gasteiger partial charge in [-0.3, -0.25) is 11.3 Å². The third-order valence-corrected chi connectivity index (χ3v) is 4.67. The summed E-state index contributed by atoms with van der Waals surface area (Å²) in [6, 6.07) is 10.8. The van der Waals surface area contributed by atoms with Crippen molar-refractivity contribution in [3.05, 3.63) is 51.7 Å². The lowest BCUT2D eigenvalue weighted by Crippen LogP contribution is -2.29. The lowest BCUT2D eigenvalue weighted by Gasteiger charge is -2.20. The number of benzene rings is 1. The highest BCUT2D eigenvalue weighted by atomic mass is 32.1. The highest BCUT2D eigenvalue weighted by Crippen LogP contribution is 2.32. The van der Waals surface area contributed by atoms with E-state index in [1.54, 1.807) is 18.4 Å². The summed E-state index contributed by atoms with van der Waals surface area (Å²) >= 11 is 1.67. The molecule has 1 heterocycles. The molecule has 2 rings (SSSR count). The highest BCUT2D eigenvalue weighted by Gasteiger charge is 2.18. The van der Waals surface area contributed by atoms with Crippen LogP contribution in [0.2, 0.25) is 0 Å². The number of rotatable bonds is 5. The predicted molar refractivity (Wildman–Crippen MR) is 89.8 cm³/mol. The number of nitrogens with two attached hydrogens (primary N) is 1. The number of thiophene rings is 1. The standard InChI is InChI=1S/C17H24N2OS/c1-17(2,3)13-7-5-12(6-8-13)11-14(19-18)16-15(20-4)9-10-21-16/h5-10,14,19H,11,18H2,1-4H3. The first-order valence-electron chi connectivity index (χ1n) is 7.12. The van der Waals surface area contributed by atoms with Crippen LogP contribution in [0.3, 0.4) is 0 Å². The molecule has 3 nitrogen and oxygen atoms in total. The van der Waals surface area contributed by atoms with Gasteiger partial charge in [-0.05, 0) is 34.4 Å². The van der Waals surface area contributed by atoms with Crippen LogP contribution < -0.4 is 16.0 Å². The second kappa shape index (κ2) is 6.60. The Morgan fingerprint density at radius 1 is 1.19 bits per heavy atom. The number of ether oxygens (including phenoxy) is 1. The summed E-state index contributed by atoms with van der Waals surface area (Å²) in [5.41, 5.74) is 5.69. The normalized spacial score (nSPS) is 13.2. The fraction of sp³-hybridized carbons (Fsp3) is 0.412. The molecule has 0 saturated carbocycles. The molecule has 1 aromatic heterocycles. The Labute approximate surface area is 131 Å². The van der Waals surface area contributed by atoms with Crippen molar-refractivity contribution < 1.29 is 4.74 Å². The van der Waals surface area contributed by atoms with Gasteiger partial charge in [-0.2, -0.15) is 0 Å². The first-order chi connectivity index (χ1) is 9.95. The summed E-state index contributed by atoms with van der Waals surface area (Å²) in [6.45, 7) is 6.67. The number of hydrogen-bond donors (Lipinski definition) is 2. The zero-order valence-corrected chi connectivity index (χ0v) is 14.0. The van der Waals surface area contributed by atoms with E-state index < -0.39 is 0 Å². The summed E-state index contributed by atoms with van der Waals surface area (Å²) in [7, 11) is 1.69. The second-order valence-corrected chi connectivity index (χ2v) is 7.17. The van der Waals surface area contributed by atoms with Gasteiger partial charge in [0.1, 0.15) is 5.75 Å². The molecule has 1 unspecified atom stereocenters. The highest BCUT2D eigenvalue weighted by molar-refractivity contribution is 7.10. The first-order valence-corrected chi connectivity index (χ1v) is 8.00. The average molecular weight is 304 g/mol. The van der Waals surface area contributed by atoms with Gasteiger partial charge >= 0.3 is 0 Å². The Hall–Kier alpha value is -1.36. The average Bonchev–Trinajstić information content (AvgIpc) is 2.92. The molecule has 0 aliphatic heterocycles. The molecule has 0 saturated heterocycles. The van der Waals surface area contributed by atoms with Crippen LogP contribution >= 0.6 is 11.3 Å². The van der Waals surface area contributed by atoms with E-state index in [2.05, 4.69) is 50.5 Å². The fourth-order valence-corrected chi connectivity index (χ4v) is 3.26. The molecule has 1 atom stereocenters. The molecule has 0 radical (unpaired) electrons. The molecule has 4 heteroatoms. The van der Waals surface area contributed by atoms with Crippen LogP contribution in [0.1, 0.15) is 42.8 Å². The van der Waals surface area contributed by atoms with E-state index in [9.17, 15) is 0 Å². The van der Waals surface area contributed by atoms with Crippen LogP contribution in [0.4, 0.5) is 0 Å². The van der Waals surface area contributed by atoms with Crippen LogP contribution in [0, 0.1) is 0 Å². The van der Waals surface area contributed by atoms with Crippen LogP contribution in [-0.4, -0.2) is 7.11 Å². The third-order valence-electron chi connectivity index (χ3n) is 3.65. The summed E-state index contributed by atoms with van der Waals surface area (Å²) in [5.74, 6) is 6.63. The number of methoxy groups -OCH3 is 1. The van der Waals surface area contributed by atoms with Crippen LogP contribution in [-0.2, 0) is 11.8 Å². The molecular formula is C17H24N2OS. The molecule has 0 aliphatic rings. The minimum atomic E-state index is 0.0698. The Kier molecular flexibility index (Phi) is 5.04. The van der Waals surface area contributed by atoms with Crippen molar-refractivity contribution >= 4 is 11.3 Å². The molecule has 0 spiro atoms. The van der Waals surface area contributed by atoms with Gasteiger partial charge in [0.15, 0.2) is 0 Å². The van der Waals surface area contributed by atoms with Crippen molar-refractivity contribution in [2.24, 2.45) is 5.84 Å². The van der Waals surface area contributed by atoms with Crippen LogP contribution in [0.5, 0.6) is 5.75 Å². The van der Waals surface area contributed by atoms with E-state index in [0.717, 1.165) is 17.0 Å². The second-order valence-electron chi connectivity index (χ2n) is 6.22. The SMILES string of the molecule is COc1ccsc1C(Cc1ccc(C(C)(C)C)cc1)NN. The first kappa shape index (κ1) is 16.0. The molecule has 0 bridgehead atoms. The molecule has 114 valence electrons. The number of hydrogen-bond acceptors (Lipinski definition) is 4. The maximum absolute atomic E-state index is 5.74. The van der Waals surface area contributed by atoms with Crippen molar-refractivity contribution in [1.29, 1.82) is 0 Å². The van der Waals surface area contributed by atoms with Crippen molar-refractivity contribution in [2.45, 2.75) is 38.6 Å². The summed E-state index contributed by atoms with van der Waals surface area (Å²) in [4.78, 5) is 1.14. The van der Waals surface area contributed by atoms with Gasteiger partial charge in [0.2, 0.25) is 0 Å². The molecule has 21 heavy (non-hydrogen) atoms. The Bertz CT molecular complexity index is 569. The summed E-state index contributed by atoms with van der Waals surface area (Å²) in [5, 5.41) is 2.03.